The van der Waals surface area contributed by atoms with Crippen molar-refractivity contribution in [1.82, 2.24) is 25.5 Å². The maximum absolute atomic E-state index is 13.2. The van der Waals surface area contributed by atoms with Gasteiger partial charge in [0.25, 0.3) is 0 Å². The van der Waals surface area contributed by atoms with Gasteiger partial charge in [0, 0.05) is 6.54 Å². The molecule has 0 aliphatic carbocycles. The first kappa shape index (κ1) is 14.4. The molecule has 0 saturated heterocycles. The van der Waals surface area contributed by atoms with E-state index in [1.807, 2.05) is 0 Å². The Morgan fingerprint density at radius 1 is 1.55 bits per heavy atom. The number of tetrazole rings is 1. The van der Waals surface area contributed by atoms with Crippen LogP contribution in [0.25, 0.3) is 0 Å². The molecule has 7 nitrogen and oxygen atoms in total. The Morgan fingerprint density at radius 3 is 3.00 bits per heavy atom. The van der Waals surface area contributed by atoms with E-state index in [0.29, 0.717) is 5.56 Å². The van der Waals surface area contributed by atoms with Crippen LogP contribution in [0.2, 0.25) is 5.02 Å². The Balaban J connectivity index is 1.86. The number of nitrogens with one attached hydrogen (secondary N) is 1. The molecule has 1 atom stereocenters. The van der Waals surface area contributed by atoms with E-state index in [0.717, 1.165) is 6.07 Å². The molecule has 1 amide bonds. The standard InChI is InChI=1S/C11H11ClFN5O2/c12-8-2-1-7(3-9(8)13)10(19)4-14-11(20)5-18-6-15-16-17-18/h1-3,6,10,19H,4-5H2,(H,14,20). The summed E-state index contributed by atoms with van der Waals surface area (Å²) in [7, 11) is 0. The molecule has 0 aliphatic rings. The third-order valence-electron chi connectivity index (χ3n) is 2.52. The lowest BCUT2D eigenvalue weighted by Gasteiger charge is -2.12. The quantitative estimate of drug-likeness (QED) is 0.829. The van der Waals surface area contributed by atoms with Crippen molar-refractivity contribution in [3.63, 3.8) is 0 Å². The van der Waals surface area contributed by atoms with Gasteiger partial charge in [0.15, 0.2) is 0 Å². The lowest BCUT2D eigenvalue weighted by molar-refractivity contribution is -0.122. The fraction of sp³-hybridized carbons (Fsp3) is 0.273. The zero-order valence-corrected chi connectivity index (χ0v) is 11.0. The molecular weight excluding hydrogens is 289 g/mol. The minimum absolute atomic E-state index is 0.0244. The van der Waals surface area contributed by atoms with Crippen LogP contribution in [0.4, 0.5) is 4.39 Å². The van der Waals surface area contributed by atoms with Crippen molar-refractivity contribution < 1.29 is 14.3 Å². The molecule has 0 spiro atoms. The lowest BCUT2D eigenvalue weighted by atomic mass is 10.1. The highest BCUT2D eigenvalue weighted by Crippen LogP contribution is 2.19. The van der Waals surface area contributed by atoms with Gasteiger partial charge in [-0.15, -0.1) is 5.10 Å². The summed E-state index contributed by atoms with van der Waals surface area (Å²) in [4.78, 5) is 11.5. The van der Waals surface area contributed by atoms with Crippen molar-refractivity contribution in [1.29, 1.82) is 0 Å². The van der Waals surface area contributed by atoms with Gasteiger partial charge in [-0.3, -0.25) is 4.79 Å². The van der Waals surface area contributed by atoms with E-state index >= 15 is 0 Å². The van der Waals surface area contributed by atoms with Gasteiger partial charge in [-0.25, -0.2) is 9.07 Å². The van der Waals surface area contributed by atoms with Crippen LogP contribution in [0.3, 0.4) is 0 Å². The van der Waals surface area contributed by atoms with Crippen molar-refractivity contribution >= 4 is 17.5 Å². The van der Waals surface area contributed by atoms with Crippen LogP contribution in [0.5, 0.6) is 0 Å². The van der Waals surface area contributed by atoms with E-state index in [-0.39, 0.29) is 24.0 Å². The van der Waals surface area contributed by atoms with Gasteiger partial charge in [-0.05, 0) is 28.1 Å². The third-order valence-corrected chi connectivity index (χ3v) is 2.82. The first-order valence-corrected chi connectivity index (χ1v) is 6.04. The molecule has 0 radical (unpaired) electrons. The molecule has 0 fully saturated rings. The number of aliphatic hydroxyl groups is 1. The van der Waals surface area contributed by atoms with Crippen molar-refractivity contribution in [2.45, 2.75) is 12.6 Å². The molecule has 106 valence electrons. The number of carbonyl (C=O) groups excluding carboxylic acids is 1. The van der Waals surface area contributed by atoms with Crippen molar-refractivity contribution in [2.24, 2.45) is 0 Å². The van der Waals surface area contributed by atoms with Crippen LogP contribution >= 0.6 is 11.6 Å². The van der Waals surface area contributed by atoms with Crippen molar-refractivity contribution in [2.75, 3.05) is 6.54 Å². The SMILES string of the molecule is O=C(Cn1cnnn1)NCC(O)c1ccc(Cl)c(F)c1. The van der Waals surface area contributed by atoms with Gasteiger partial charge < -0.3 is 10.4 Å². The molecule has 1 heterocycles. The number of aliphatic hydroxyl groups excluding tert-OH is 1. The van der Waals surface area contributed by atoms with Gasteiger partial charge in [-0.1, -0.05) is 17.7 Å². The molecule has 0 bridgehead atoms. The average Bonchev–Trinajstić information content (AvgIpc) is 2.92. The zero-order valence-electron chi connectivity index (χ0n) is 10.2. The number of amides is 1. The number of halogens is 2. The Labute approximate surface area is 118 Å². The molecule has 9 heteroatoms. The lowest BCUT2D eigenvalue weighted by Crippen LogP contribution is -2.31. The first-order chi connectivity index (χ1) is 9.56. The number of aromatic nitrogens is 4. The Morgan fingerprint density at radius 2 is 2.35 bits per heavy atom. The molecular formula is C11H11ClFN5O2. The predicted octanol–water partition coefficient (Wildman–Crippen LogP) is 0.315. The van der Waals surface area contributed by atoms with Crippen LogP contribution in [-0.4, -0.2) is 37.8 Å². The number of hydrogen-bond donors (Lipinski definition) is 2. The fourth-order valence-corrected chi connectivity index (χ4v) is 1.62. The number of benzene rings is 1. The van der Waals surface area contributed by atoms with Gasteiger partial charge in [0.2, 0.25) is 5.91 Å². The Bertz CT molecular complexity index is 593. The summed E-state index contributed by atoms with van der Waals surface area (Å²) in [5, 5.41) is 22.6. The minimum atomic E-state index is -1.03. The highest BCUT2D eigenvalue weighted by molar-refractivity contribution is 6.30. The smallest absolute Gasteiger partial charge is 0.241 e. The fourth-order valence-electron chi connectivity index (χ4n) is 1.50. The maximum atomic E-state index is 13.2. The summed E-state index contributed by atoms with van der Waals surface area (Å²) >= 11 is 5.54. The monoisotopic (exact) mass is 299 g/mol. The second-order valence-corrected chi connectivity index (χ2v) is 4.41. The molecule has 2 rings (SSSR count). The molecule has 1 aromatic heterocycles. The van der Waals surface area contributed by atoms with Gasteiger partial charge in [0.05, 0.1) is 11.1 Å². The van der Waals surface area contributed by atoms with E-state index < -0.39 is 11.9 Å². The topological polar surface area (TPSA) is 92.9 Å². The van der Waals surface area contributed by atoms with Crippen LogP contribution in [-0.2, 0) is 11.3 Å². The van der Waals surface area contributed by atoms with Gasteiger partial charge in [-0.2, -0.15) is 0 Å². The van der Waals surface area contributed by atoms with E-state index in [1.165, 1.54) is 23.1 Å². The number of carbonyl (C=O) groups is 1. The van der Waals surface area contributed by atoms with E-state index in [9.17, 15) is 14.3 Å². The zero-order chi connectivity index (χ0) is 14.5. The normalized spacial score (nSPS) is 12.2. The summed E-state index contributed by atoms with van der Waals surface area (Å²) in [6, 6.07) is 3.96. The molecule has 1 aromatic carbocycles. The van der Waals surface area contributed by atoms with E-state index in [4.69, 9.17) is 11.6 Å². The first-order valence-electron chi connectivity index (χ1n) is 5.66. The summed E-state index contributed by atoms with van der Waals surface area (Å²) in [5.41, 5.74) is 0.328. The number of hydrogen-bond acceptors (Lipinski definition) is 5. The number of nitrogens with zero attached hydrogens (tertiary/aromatic N) is 4. The highest BCUT2D eigenvalue weighted by Gasteiger charge is 2.12. The molecule has 0 aliphatic heterocycles. The van der Waals surface area contributed by atoms with Crippen LogP contribution in [0, 0.1) is 5.82 Å². The largest absolute Gasteiger partial charge is 0.387 e. The summed E-state index contributed by atoms with van der Waals surface area (Å²) in [6.45, 7) is -0.114. The predicted molar refractivity (Wildman–Crippen MR) is 67.2 cm³/mol. The molecule has 2 aromatic rings. The summed E-state index contributed by atoms with van der Waals surface area (Å²) in [5.74, 6) is -0.992. The summed E-state index contributed by atoms with van der Waals surface area (Å²) < 4.78 is 14.5. The van der Waals surface area contributed by atoms with Gasteiger partial charge in [0.1, 0.15) is 18.7 Å². The summed E-state index contributed by atoms with van der Waals surface area (Å²) in [6.07, 6.45) is 0.268. The van der Waals surface area contributed by atoms with Crippen molar-refractivity contribution in [3.8, 4) is 0 Å². The molecule has 20 heavy (non-hydrogen) atoms. The van der Waals surface area contributed by atoms with Gasteiger partial charge >= 0.3 is 0 Å². The van der Waals surface area contributed by atoms with Crippen molar-refractivity contribution in [3.05, 3.63) is 40.9 Å². The van der Waals surface area contributed by atoms with E-state index in [1.54, 1.807) is 0 Å². The van der Waals surface area contributed by atoms with Crippen LogP contribution in [0.15, 0.2) is 24.5 Å². The third kappa shape index (κ3) is 3.72. The second kappa shape index (κ2) is 6.40. The van der Waals surface area contributed by atoms with E-state index in [2.05, 4.69) is 20.8 Å². The highest BCUT2D eigenvalue weighted by atomic mass is 35.5. The van der Waals surface area contributed by atoms with Crippen LogP contribution in [0.1, 0.15) is 11.7 Å². The number of rotatable bonds is 5. The van der Waals surface area contributed by atoms with Crippen LogP contribution < -0.4 is 5.32 Å². The second-order valence-electron chi connectivity index (χ2n) is 4.00. The molecule has 2 N–H and O–H groups in total. The minimum Gasteiger partial charge on any atom is -0.387 e. The molecule has 1 unspecified atom stereocenters. The Kier molecular flexibility index (Phi) is 4.59. The maximum Gasteiger partial charge on any atom is 0.241 e. The molecule has 0 saturated carbocycles. The average molecular weight is 300 g/mol. The Hall–Kier alpha value is -2.06.